The van der Waals surface area contributed by atoms with Crippen molar-refractivity contribution in [3.8, 4) is 0 Å². The highest BCUT2D eigenvalue weighted by molar-refractivity contribution is 6.30. The van der Waals surface area contributed by atoms with Gasteiger partial charge in [-0.25, -0.2) is 0 Å². The van der Waals surface area contributed by atoms with Crippen LogP contribution in [0.25, 0.3) is 0 Å². The Balaban J connectivity index is 1.89. The topological polar surface area (TPSA) is 29.3 Å². The summed E-state index contributed by atoms with van der Waals surface area (Å²) in [5.41, 5.74) is 8.41. The number of hydrogen-bond donors (Lipinski definition) is 1. The Morgan fingerprint density at radius 2 is 1.95 bits per heavy atom. The Labute approximate surface area is 120 Å². The molecule has 2 nitrogen and oxygen atoms in total. The SMILES string of the molecule is NCc1ccc(Cl)cc1N1CCCC1C1CCCC1. The highest BCUT2D eigenvalue weighted by Gasteiger charge is 2.34. The van der Waals surface area contributed by atoms with Crippen molar-refractivity contribution in [3.05, 3.63) is 28.8 Å². The molecule has 104 valence electrons. The van der Waals surface area contributed by atoms with Crippen LogP contribution in [-0.2, 0) is 6.54 Å². The van der Waals surface area contributed by atoms with E-state index in [0.29, 0.717) is 12.6 Å². The Hall–Kier alpha value is -0.730. The molecule has 2 fully saturated rings. The number of hydrogen-bond acceptors (Lipinski definition) is 2. The number of rotatable bonds is 3. The quantitative estimate of drug-likeness (QED) is 0.907. The smallest absolute Gasteiger partial charge is 0.0429 e. The third-order valence-corrected chi connectivity index (χ3v) is 5.06. The molecule has 0 aromatic heterocycles. The van der Waals surface area contributed by atoms with Gasteiger partial charge in [0, 0.05) is 29.8 Å². The molecule has 1 aliphatic carbocycles. The molecule has 3 rings (SSSR count). The maximum atomic E-state index is 6.19. The van der Waals surface area contributed by atoms with E-state index in [-0.39, 0.29) is 0 Å². The minimum Gasteiger partial charge on any atom is -0.368 e. The fourth-order valence-corrected chi connectivity index (χ4v) is 4.07. The van der Waals surface area contributed by atoms with E-state index in [1.807, 2.05) is 6.07 Å². The van der Waals surface area contributed by atoms with Crippen LogP contribution < -0.4 is 10.6 Å². The summed E-state index contributed by atoms with van der Waals surface area (Å²) in [5, 5.41) is 0.823. The molecule has 19 heavy (non-hydrogen) atoms. The molecule has 1 aromatic carbocycles. The molecule has 2 N–H and O–H groups in total. The van der Waals surface area contributed by atoms with Crippen molar-refractivity contribution in [1.29, 1.82) is 0 Å². The summed E-state index contributed by atoms with van der Waals surface area (Å²) in [5.74, 6) is 0.882. The maximum Gasteiger partial charge on any atom is 0.0429 e. The zero-order valence-electron chi connectivity index (χ0n) is 11.4. The van der Waals surface area contributed by atoms with Gasteiger partial charge < -0.3 is 10.6 Å². The summed E-state index contributed by atoms with van der Waals surface area (Å²) < 4.78 is 0. The van der Waals surface area contributed by atoms with Crippen LogP contribution in [0.2, 0.25) is 5.02 Å². The van der Waals surface area contributed by atoms with Crippen LogP contribution in [0, 0.1) is 5.92 Å². The molecule has 1 atom stereocenters. The minimum absolute atomic E-state index is 0.598. The van der Waals surface area contributed by atoms with Crippen molar-refractivity contribution in [1.82, 2.24) is 0 Å². The molecule has 1 saturated heterocycles. The highest BCUT2D eigenvalue weighted by Crippen LogP contribution is 2.39. The molecule has 2 aliphatic rings. The normalized spacial score (nSPS) is 24.3. The van der Waals surface area contributed by atoms with E-state index in [1.165, 1.54) is 49.8 Å². The summed E-state index contributed by atoms with van der Waals surface area (Å²) in [4.78, 5) is 2.59. The number of anilines is 1. The van der Waals surface area contributed by atoms with Crippen molar-refractivity contribution >= 4 is 17.3 Å². The van der Waals surface area contributed by atoms with Crippen molar-refractivity contribution in [2.24, 2.45) is 11.7 Å². The van der Waals surface area contributed by atoms with E-state index in [1.54, 1.807) is 0 Å². The van der Waals surface area contributed by atoms with Gasteiger partial charge in [0.25, 0.3) is 0 Å². The standard InChI is InChI=1S/C16H23ClN2/c17-14-8-7-13(11-18)16(10-14)19-9-3-6-15(19)12-4-1-2-5-12/h7-8,10,12,15H,1-6,9,11,18H2. The lowest BCUT2D eigenvalue weighted by Crippen LogP contribution is -2.35. The minimum atomic E-state index is 0.598. The predicted octanol–water partition coefficient (Wildman–Crippen LogP) is 3.96. The van der Waals surface area contributed by atoms with Gasteiger partial charge in [-0.15, -0.1) is 0 Å². The first kappa shape index (κ1) is 13.3. The fraction of sp³-hybridized carbons (Fsp3) is 0.625. The summed E-state index contributed by atoms with van der Waals surface area (Å²) in [6, 6.07) is 6.86. The van der Waals surface area contributed by atoms with E-state index in [2.05, 4.69) is 17.0 Å². The van der Waals surface area contributed by atoms with E-state index in [4.69, 9.17) is 17.3 Å². The van der Waals surface area contributed by atoms with Crippen LogP contribution in [0.1, 0.15) is 44.1 Å². The Kier molecular flexibility index (Phi) is 3.99. The van der Waals surface area contributed by atoms with E-state index in [0.717, 1.165) is 17.5 Å². The maximum absolute atomic E-state index is 6.19. The van der Waals surface area contributed by atoms with Gasteiger partial charge in [0.1, 0.15) is 0 Å². The Morgan fingerprint density at radius 1 is 1.16 bits per heavy atom. The van der Waals surface area contributed by atoms with Gasteiger partial charge in [0.05, 0.1) is 0 Å². The van der Waals surface area contributed by atoms with Crippen LogP contribution >= 0.6 is 11.6 Å². The van der Waals surface area contributed by atoms with Gasteiger partial charge in [-0.2, -0.15) is 0 Å². The van der Waals surface area contributed by atoms with Crippen molar-refractivity contribution < 1.29 is 0 Å². The van der Waals surface area contributed by atoms with Gasteiger partial charge in [-0.1, -0.05) is 30.5 Å². The molecule has 0 bridgehead atoms. The first-order chi connectivity index (χ1) is 9.29. The van der Waals surface area contributed by atoms with Gasteiger partial charge >= 0.3 is 0 Å². The second kappa shape index (κ2) is 5.72. The summed E-state index contributed by atoms with van der Waals surface area (Å²) in [6.07, 6.45) is 8.26. The highest BCUT2D eigenvalue weighted by atomic mass is 35.5. The first-order valence-electron chi connectivity index (χ1n) is 7.54. The van der Waals surface area contributed by atoms with Crippen LogP contribution in [0.5, 0.6) is 0 Å². The molecular weight excluding hydrogens is 256 g/mol. The van der Waals surface area contributed by atoms with Crippen LogP contribution in [0.4, 0.5) is 5.69 Å². The van der Waals surface area contributed by atoms with E-state index in [9.17, 15) is 0 Å². The van der Waals surface area contributed by atoms with Gasteiger partial charge in [0.15, 0.2) is 0 Å². The Bertz CT molecular complexity index is 440. The van der Waals surface area contributed by atoms with Crippen LogP contribution in [0.15, 0.2) is 18.2 Å². The fourth-order valence-electron chi connectivity index (χ4n) is 3.90. The van der Waals surface area contributed by atoms with Crippen LogP contribution in [-0.4, -0.2) is 12.6 Å². The molecule has 1 aromatic rings. The van der Waals surface area contributed by atoms with E-state index >= 15 is 0 Å². The van der Waals surface area contributed by atoms with Gasteiger partial charge in [-0.3, -0.25) is 0 Å². The average molecular weight is 279 g/mol. The number of benzene rings is 1. The molecule has 1 unspecified atom stereocenters. The molecule has 3 heteroatoms. The lowest BCUT2D eigenvalue weighted by atomic mass is 9.95. The summed E-state index contributed by atoms with van der Waals surface area (Å²) in [7, 11) is 0. The Morgan fingerprint density at radius 3 is 2.68 bits per heavy atom. The molecular formula is C16H23ClN2. The largest absolute Gasteiger partial charge is 0.368 e. The van der Waals surface area contributed by atoms with Crippen molar-refractivity contribution in [3.63, 3.8) is 0 Å². The number of nitrogens with two attached hydrogens (primary N) is 1. The van der Waals surface area contributed by atoms with Gasteiger partial charge in [0.2, 0.25) is 0 Å². The zero-order valence-corrected chi connectivity index (χ0v) is 12.2. The monoisotopic (exact) mass is 278 g/mol. The van der Waals surface area contributed by atoms with Crippen LogP contribution in [0.3, 0.4) is 0 Å². The lowest BCUT2D eigenvalue weighted by molar-refractivity contribution is 0.430. The van der Waals surface area contributed by atoms with E-state index < -0.39 is 0 Å². The molecule has 1 saturated carbocycles. The average Bonchev–Trinajstić information content (AvgIpc) is 3.09. The first-order valence-corrected chi connectivity index (χ1v) is 7.92. The second-order valence-corrected chi connectivity index (χ2v) is 6.36. The molecule has 0 amide bonds. The molecule has 1 aliphatic heterocycles. The summed E-state index contributed by atoms with van der Waals surface area (Å²) >= 11 is 6.19. The molecule has 0 radical (unpaired) electrons. The molecule has 1 heterocycles. The second-order valence-electron chi connectivity index (χ2n) is 5.92. The molecule has 0 spiro atoms. The summed E-state index contributed by atoms with van der Waals surface area (Å²) in [6.45, 7) is 1.76. The van der Waals surface area contributed by atoms with Gasteiger partial charge in [-0.05, 0) is 49.3 Å². The lowest BCUT2D eigenvalue weighted by Gasteiger charge is -2.33. The van der Waals surface area contributed by atoms with Crippen molar-refractivity contribution in [2.45, 2.75) is 51.1 Å². The third-order valence-electron chi connectivity index (χ3n) is 4.82. The van der Waals surface area contributed by atoms with Crippen molar-refractivity contribution in [2.75, 3.05) is 11.4 Å². The zero-order chi connectivity index (χ0) is 13.2. The third kappa shape index (κ3) is 2.61. The number of nitrogens with zero attached hydrogens (tertiary/aromatic N) is 1. The number of halogens is 1. The predicted molar refractivity (Wildman–Crippen MR) is 81.7 cm³/mol.